The fourth-order valence-corrected chi connectivity index (χ4v) is 3.73. The quantitative estimate of drug-likeness (QED) is 0.522. The number of aromatic nitrogens is 2. The van der Waals surface area contributed by atoms with Crippen molar-refractivity contribution >= 4 is 51.2 Å². The van der Waals surface area contributed by atoms with Gasteiger partial charge in [0.05, 0.1) is 11.4 Å². The van der Waals surface area contributed by atoms with E-state index < -0.39 is 11.4 Å². The number of fused-ring (bicyclic) bond motifs is 1. The molecular formula is C20H13BrFN3O2S. The van der Waals surface area contributed by atoms with Crippen LogP contribution < -0.4 is 5.56 Å². The van der Waals surface area contributed by atoms with Gasteiger partial charge >= 0.3 is 0 Å². The van der Waals surface area contributed by atoms with E-state index in [0.29, 0.717) is 5.69 Å². The molecule has 2 heterocycles. The second-order valence-electron chi connectivity index (χ2n) is 6.23. The molecule has 3 aromatic rings. The van der Waals surface area contributed by atoms with E-state index in [1.165, 1.54) is 28.8 Å². The highest BCUT2D eigenvalue weighted by atomic mass is 79.9. The highest BCUT2D eigenvalue weighted by Gasteiger charge is 2.20. The first-order valence-corrected chi connectivity index (χ1v) is 9.47. The Balaban J connectivity index is 1.94. The van der Waals surface area contributed by atoms with E-state index in [4.69, 9.17) is 12.2 Å². The van der Waals surface area contributed by atoms with E-state index in [0.717, 1.165) is 27.0 Å². The molecule has 0 spiro atoms. The van der Waals surface area contributed by atoms with Crippen LogP contribution >= 0.6 is 28.1 Å². The van der Waals surface area contributed by atoms with Crippen LogP contribution in [0.15, 0.2) is 56.7 Å². The monoisotopic (exact) mass is 457 g/mol. The number of rotatable bonds is 2. The van der Waals surface area contributed by atoms with E-state index in [2.05, 4.69) is 25.9 Å². The molecule has 0 aliphatic carbocycles. The van der Waals surface area contributed by atoms with Gasteiger partial charge in [0.2, 0.25) is 5.88 Å². The molecule has 0 amide bonds. The van der Waals surface area contributed by atoms with Crippen LogP contribution in [0.2, 0.25) is 0 Å². The largest absolute Gasteiger partial charge is 0.494 e. The molecule has 0 radical (unpaired) electrons. The van der Waals surface area contributed by atoms with Crippen molar-refractivity contribution in [3.8, 4) is 11.6 Å². The van der Waals surface area contributed by atoms with Gasteiger partial charge in [-0.25, -0.2) is 4.39 Å². The molecule has 1 aliphatic rings. The number of aromatic amines is 1. The summed E-state index contributed by atoms with van der Waals surface area (Å²) in [4.78, 5) is 19.6. The summed E-state index contributed by atoms with van der Waals surface area (Å²) in [5.41, 5.74) is 3.03. The summed E-state index contributed by atoms with van der Waals surface area (Å²) < 4.78 is 15.4. The second-order valence-corrected chi connectivity index (χ2v) is 7.53. The molecule has 0 fully saturated rings. The van der Waals surface area contributed by atoms with Gasteiger partial charge in [0.1, 0.15) is 11.4 Å². The fourth-order valence-electron chi connectivity index (χ4n) is 3.08. The average molecular weight is 458 g/mol. The number of aromatic hydroxyl groups is 1. The number of hydrogen-bond donors (Lipinski definition) is 2. The van der Waals surface area contributed by atoms with Gasteiger partial charge in [0.15, 0.2) is 4.77 Å². The number of nitrogens with one attached hydrogen (secondary N) is 1. The van der Waals surface area contributed by atoms with Crippen molar-refractivity contribution < 1.29 is 9.50 Å². The van der Waals surface area contributed by atoms with Crippen molar-refractivity contribution in [2.45, 2.75) is 6.92 Å². The van der Waals surface area contributed by atoms with E-state index in [1.54, 1.807) is 6.08 Å². The van der Waals surface area contributed by atoms with Gasteiger partial charge in [-0.1, -0.05) is 15.9 Å². The Bertz CT molecular complexity index is 1290. The van der Waals surface area contributed by atoms with Gasteiger partial charge in [0, 0.05) is 21.3 Å². The zero-order valence-electron chi connectivity index (χ0n) is 14.5. The number of aliphatic imine (C=N–C) groups is 1. The Kier molecular flexibility index (Phi) is 4.60. The number of benzene rings is 2. The standard InChI is InChI=1S/C20H13BrFN3O2S/c1-10-14(15-8-11(21)2-7-17(15)23-10)9-16-18(26)24-20(28)25(19(16)27)13-5-3-12(22)4-6-13/h2-9,27H,1H3,(H,24,26,28)/b14-9+. The fraction of sp³-hybridized carbons (Fsp3) is 0.0500. The number of halogens is 2. The van der Waals surface area contributed by atoms with Crippen LogP contribution in [0, 0.1) is 10.6 Å². The molecule has 8 heteroatoms. The number of allylic oxidation sites excluding steroid dienone is 1. The number of hydrogen-bond acceptors (Lipinski definition) is 4. The summed E-state index contributed by atoms with van der Waals surface area (Å²) in [7, 11) is 0. The Hall–Kier alpha value is -2.84. The Labute approximate surface area is 172 Å². The SMILES string of the molecule is CC1=Nc2ccc(Br)cc2/C1=C/c1c(O)n(-c2ccc(F)cc2)c(=S)[nH]c1=O. The lowest BCUT2D eigenvalue weighted by molar-refractivity contribution is 0.432. The van der Waals surface area contributed by atoms with Crippen molar-refractivity contribution in [1.29, 1.82) is 0 Å². The van der Waals surface area contributed by atoms with Gasteiger partial charge in [-0.3, -0.25) is 19.3 Å². The maximum Gasteiger partial charge on any atom is 0.262 e. The van der Waals surface area contributed by atoms with Crippen LogP contribution in [-0.2, 0) is 0 Å². The van der Waals surface area contributed by atoms with Gasteiger partial charge in [0.25, 0.3) is 5.56 Å². The molecule has 0 saturated carbocycles. The molecule has 0 atom stereocenters. The molecule has 28 heavy (non-hydrogen) atoms. The second kappa shape index (κ2) is 6.96. The van der Waals surface area contributed by atoms with Crippen LogP contribution in [0.3, 0.4) is 0 Å². The summed E-state index contributed by atoms with van der Waals surface area (Å²) >= 11 is 8.63. The first-order chi connectivity index (χ1) is 13.3. The lowest BCUT2D eigenvalue weighted by Crippen LogP contribution is -2.16. The molecule has 1 aliphatic heterocycles. The van der Waals surface area contributed by atoms with Gasteiger partial charge in [-0.05, 0) is 67.7 Å². The molecular weight excluding hydrogens is 445 g/mol. The van der Waals surface area contributed by atoms with Crippen molar-refractivity contribution in [1.82, 2.24) is 9.55 Å². The molecule has 4 rings (SSSR count). The first-order valence-electron chi connectivity index (χ1n) is 8.26. The third-order valence-corrected chi connectivity index (χ3v) is 5.20. The Morgan fingerprint density at radius 2 is 1.96 bits per heavy atom. The zero-order valence-corrected chi connectivity index (χ0v) is 16.9. The average Bonchev–Trinajstić information content (AvgIpc) is 2.94. The van der Waals surface area contributed by atoms with Gasteiger partial charge in [-0.2, -0.15) is 0 Å². The summed E-state index contributed by atoms with van der Waals surface area (Å²) in [5, 5.41) is 10.8. The Morgan fingerprint density at radius 3 is 2.68 bits per heavy atom. The van der Waals surface area contributed by atoms with Crippen LogP contribution in [-0.4, -0.2) is 20.4 Å². The van der Waals surface area contributed by atoms with Crippen LogP contribution in [0.4, 0.5) is 10.1 Å². The third kappa shape index (κ3) is 3.14. The number of nitrogens with zero attached hydrogens (tertiary/aromatic N) is 2. The zero-order chi connectivity index (χ0) is 20.0. The molecule has 0 bridgehead atoms. The summed E-state index contributed by atoms with van der Waals surface area (Å²) in [6, 6.07) is 11.1. The van der Waals surface area contributed by atoms with Crippen LogP contribution in [0.1, 0.15) is 18.1 Å². The highest BCUT2D eigenvalue weighted by Crippen LogP contribution is 2.38. The van der Waals surface area contributed by atoms with Gasteiger partial charge in [-0.15, -0.1) is 0 Å². The maximum atomic E-state index is 13.3. The predicted octanol–water partition coefficient (Wildman–Crippen LogP) is 5.15. The normalized spacial score (nSPS) is 14.2. The number of H-pyrrole nitrogens is 1. The molecule has 5 nitrogen and oxygen atoms in total. The van der Waals surface area contributed by atoms with E-state index in [9.17, 15) is 14.3 Å². The topological polar surface area (TPSA) is 70.4 Å². The molecule has 0 unspecified atom stereocenters. The summed E-state index contributed by atoms with van der Waals surface area (Å²) in [6.07, 6.45) is 1.58. The predicted molar refractivity (Wildman–Crippen MR) is 114 cm³/mol. The van der Waals surface area contributed by atoms with E-state index >= 15 is 0 Å². The third-order valence-electron chi connectivity index (χ3n) is 4.42. The minimum Gasteiger partial charge on any atom is -0.494 e. The maximum absolute atomic E-state index is 13.3. The van der Waals surface area contributed by atoms with Crippen molar-refractivity contribution in [3.63, 3.8) is 0 Å². The van der Waals surface area contributed by atoms with Gasteiger partial charge < -0.3 is 5.11 Å². The highest BCUT2D eigenvalue weighted by molar-refractivity contribution is 9.10. The lowest BCUT2D eigenvalue weighted by Gasteiger charge is -2.12. The van der Waals surface area contributed by atoms with Crippen molar-refractivity contribution in [2.24, 2.45) is 4.99 Å². The summed E-state index contributed by atoms with van der Waals surface area (Å²) in [6.45, 7) is 1.83. The van der Waals surface area contributed by atoms with Crippen LogP contribution in [0.25, 0.3) is 17.3 Å². The molecule has 0 saturated heterocycles. The van der Waals surface area contributed by atoms with Crippen molar-refractivity contribution in [2.75, 3.05) is 0 Å². The molecule has 2 aromatic carbocycles. The smallest absolute Gasteiger partial charge is 0.262 e. The molecule has 2 N–H and O–H groups in total. The van der Waals surface area contributed by atoms with Crippen LogP contribution in [0.5, 0.6) is 5.88 Å². The molecule has 140 valence electrons. The first kappa shape index (κ1) is 18.5. The minimum absolute atomic E-state index is 0.0104. The Morgan fingerprint density at radius 1 is 1.25 bits per heavy atom. The summed E-state index contributed by atoms with van der Waals surface area (Å²) in [5.74, 6) is -0.745. The van der Waals surface area contributed by atoms with Crippen molar-refractivity contribution in [3.05, 3.63) is 79.0 Å². The van der Waals surface area contributed by atoms with E-state index in [-0.39, 0.29) is 16.2 Å². The molecule has 1 aromatic heterocycles. The minimum atomic E-state index is -0.524. The lowest BCUT2D eigenvalue weighted by atomic mass is 10.0. The van der Waals surface area contributed by atoms with E-state index in [1.807, 2.05) is 25.1 Å².